The van der Waals surface area contributed by atoms with Gasteiger partial charge in [0, 0.05) is 20.8 Å². The van der Waals surface area contributed by atoms with Crippen molar-refractivity contribution in [1.29, 1.82) is 0 Å². The molecule has 7 aliphatic rings. The summed E-state index contributed by atoms with van der Waals surface area (Å²) in [7, 11) is 1.53. The number of hydrogen-bond donors (Lipinski definition) is 0. The Balaban J connectivity index is 0.826. The van der Waals surface area contributed by atoms with Crippen molar-refractivity contribution >= 4 is 53.4 Å². The van der Waals surface area contributed by atoms with E-state index < -0.39 is 196 Å². The topological polar surface area (TPSA) is 339 Å². The van der Waals surface area contributed by atoms with Crippen molar-refractivity contribution in [3.05, 3.63) is 382 Å². The number of carbonyl (C=O) groups excluding carboxylic acids is 9. The van der Waals surface area contributed by atoms with Crippen molar-refractivity contribution in [3.8, 4) is 11.5 Å². The van der Waals surface area contributed by atoms with E-state index in [0.717, 1.165) is 46.6 Å². The van der Waals surface area contributed by atoms with Crippen LogP contribution in [0, 0.1) is 0 Å². The molecule has 141 heavy (non-hydrogen) atoms. The molecule has 7 aliphatic heterocycles. The molecule has 31 heteroatoms. The summed E-state index contributed by atoms with van der Waals surface area (Å²) in [6.07, 6.45) is -28.5. The minimum Gasteiger partial charge on any atom is -0.497 e. The van der Waals surface area contributed by atoms with E-state index in [1.165, 1.54) is 31.4 Å². The average molecular weight is 1920 g/mol. The van der Waals surface area contributed by atoms with Crippen molar-refractivity contribution < 1.29 is 133 Å². The highest BCUT2D eigenvalue weighted by molar-refractivity contribution is 6.23. The van der Waals surface area contributed by atoms with E-state index in [0.29, 0.717) is 33.6 Å². The molecule has 20 atom stereocenters. The van der Waals surface area contributed by atoms with E-state index in [4.69, 9.17) is 90.0 Å². The minimum atomic E-state index is -2.10. The van der Waals surface area contributed by atoms with Gasteiger partial charge in [-0.1, -0.05) is 249 Å². The predicted octanol–water partition coefficient (Wildman–Crippen LogP) is 13.5. The Labute approximate surface area is 813 Å². The van der Waals surface area contributed by atoms with Crippen LogP contribution in [0.1, 0.15) is 122 Å². The molecule has 0 aliphatic carbocycles. The lowest BCUT2D eigenvalue weighted by atomic mass is 9.92. The maximum absolute atomic E-state index is 16.4. The lowest BCUT2D eigenvalue weighted by molar-refractivity contribution is -0.387. The van der Waals surface area contributed by atoms with Crippen molar-refractivity contribution in [2.24, 2.45) is 0 Å². The van der Waals surface area contributed by atoms with E-state index in [-0.39, 0.29) is 92.0 Å². The Bertz CT molecular complexity index is 6040. The molecular weight excluding hydrogens is 1810 g/mol. The van der Waals surface area contributed by atoms with Crippen LogP contribution in [0.15, 0.2) is 309 Å². The lowest BCUT2D eigenvalue weighted by Crippen LogP contribution is -2.72. The zero-order chi connectivity index (χ0) is 97.4. The number of amides is 6. The number of esters is 3. The van der Waals surface area contributed by atoms with Crippen molar-refractivity contribution in [1.82, 2.24) is 14.7 Å². The van der Waals surface area contributed by atoms with Crippen LogP contribution >= 0.6 is 0 Å². The van der Waals surface area contributed by atoms with E-state index in [1.807, 2.05) is 182 Å². The third kappa shape index (κ3) is 22.5. The van der Waals surface area contributed by atoms with Gasteiger partial charge in [0.2, 0.25) is 6.29 Å². The molecule has 0 N–H and O–H groups in total. The zero-order valence-electron chi connectivity index (χ0n) is 77.5. The summed E-state index contributed by atoms with van der Waals surface area (Å²) in [6, 6.07) is 84.5. The highest BCUT2D eigenvalue weighted by Crippen LogP contribution is 2.46. The van der Waals surface area contributed by atoms with Crippen LogP contribution in [0.4, 0.5) is 0 Å². The Morgan fingerprint density at radius 2 is 0.511 bits per heavy atom. The van der Waals surface area contributed by atoms with Gasteiger partial charge in [0.15, 0.2) is 31.1 Å². The fraction of sp³-hybridized carbons (Fsp3) is 0.318. The molecule has 0 spiro atoms. The fourth-order valence-electron chi connectivity index (χ4n) is 18.8. The van der Waals surface area contributed by atoms with Gasteiger partial charge >= 0.3 is 17.9 Å². The van der Waals surface area contributed by atoms with E-state index in [9.17, 15) is 14.4 Å². The number of benzene rings is 11. The van der Waals surface area contributed by atoms with Crippen molar-refractivity contribution in [2.75, 3.05) is 33.5 Å². The number of hydrogen-bond acceptors (Lipinski definition) is 28. The van der Waals surface area contributed by atoms with Gasteiger partial charge in [-0.05, 0) is 99.6 Å². The van der Waals surface area contributed by atoms with Gasteiger partial charge in [-0.25, -0.2) is 0 Å². The maximum Gasteiger partial charge on any atom is 0.303 e. The summed E-state index contributed by atoms with van der Waals surface area (Å²) in [5.41, 5.74) is 4.71. The highest BCUT2D eigenvalue weighted by Gasteiger charge is 2.65. The van der Waals surface area contributed by atoms with Crippen molar-refractivity contribution in [3.63, 3.8) is 0 Å². The Morgan fingerprint density at radius 3 is 0.837 bits per heavy atom. The molecule has 0 saturated carbocycles. The Kier molecular flexibility index (Phi) is 31.6. The first kappa shape index (κ1) is 97.5. The second-order valence-corrected chi connectivity index (χ2v) is 34.8. The SMILES string of the molecule is COc1ccc(OC2OC(COCc3ccccc3)C(OC3OC(COCc4ccccc4)C(OC4OC(COCc5ccccc5)C(OC5OC(COC(C)=O)C(OC(C)=O)C(OC(C)=O)C5N5C(=O)c6ccccc6C5=O)C(OCc5ccccc5)C4N4C(=O)c5ccccc5C4=O)C(OCc4ccccc4)C3OCc3ccccc3)C(OCc3ccccc3)C2N2C(=O)c3ccccc3C2=O)cc1. The quantitative estimate of drug-likeness (QED) is 0.0196. The van der Waals surface area contributed by atoms with Crippen LogP contribution in [0.5, 0.6) is 11.5 Å². The maximum atomic E-state index is 16.4. The first-order valence-electron chi connectivity index (χ1n) is 46.6. The van der Waals surface area contributed by atoms with Gasteiger partial charge in [0.1, 0.15) is 103 Å². The largest absolute Gasteiger partial charge is 0.497 e. The van der Waals surface area contributed by atoms with Crippen LogP contribution in [0.2, 0.25) is 0 Å². The summed E-state index contributed by atoms with van der Waals surface area (Å²) < 4.78 is 134. The van der Waals surface area contributed by atoms with E-state index in [1.54, 1.807) is 103 Å². The number of methoxy groups -OCH3 is 1. The molecule has 7 heterocycles. The molecule has 4 fully saturated rings. The molecule has 20 unspecified atom stereocenters. The standard InChI is InChI=1S/C110H105N3O28/c1-67(114)127-66-88-94(132-68(2)115)98(133-69(3)116)91(113-105(121)83-50-30-31-51-84(83)106(113)122)109(137-88)139-92-85(63-124-56-70-32-12-5-13-33-70)136-108(90(97(92)129-60-74-40-20-9-21-41-74)112-103(119)81-48-28-29-49-82(81)104(112)120)140-95-87(65-126-58-72-36-16-7-17-37-72)138-110(100(131-62-76-44-24-11-25-45-76)99(95)130-61-75-42-22-10-23-43-75)141-93-86(64-125-57-71-34-14-6-15-35-71)135-107(134-78-54-52-77(123-4)53-55-78)89(96(93)128-59-73-38-18-8-19-39-73)111-101(117)79-46-26-27-47-80(79)102(111)118/h5-55,85-100,107-110H,56-66H2,1-4H3. The molecule has 31 nitrogen and oxygen atoms in total. The third-order valence-electron chi connectivity index (χ3n) is 25.4. The van der Waals surface area contributed by atoms with Gasteiger partial charge < -0.3 is 90.0 Å². The zero-order valence-corrected chi connectivity index (χ0v) is 77.5. The van der Waals surface area contributed by atoms with Crippen LogP contribution in [0.25, 0.3) is 0 Å². The molecule has 6 amide bonds. The number of ether oxygens (including phenoxy) is 19. The lowest BCUT2D eigenvalue weighted by Gasteiger charge is -2.54. The van der Waals surface area contributed by atoms with Gasteiger partial charge in [-0.2, -0.15) is 0 Å². The number of fused-ring (bicyclic) bond motifs is 3. The fourth-order valence-corrected chi connectivity index (χ4v) is 18.8. The Hall–Kier alpha value is -13.7. The summed E-state index contributed by atoms with van der Waals surface area (Å²) in [6.45, 7) is 0.294. The van der Waals surface area contributed by atoms with Gasteiger partial charge in [-0.3, -0.25) is 57.9 Å². The molecule has 0 radical (unpaired) electrons. The van der Waals surface area contributed by atoms with Gasteiger partial charge in [0.25, 0.3) is 35.4 Å². The van der Waals surface area contributed by atoms with Crippen LogP contribution in [-0.2, 0) is 141 Å². The molecule has 728 valence electrons. The van der Waals surface area contributed by atoms with Crippen LogP contribution in [-0.4, -0.2) is 224 Å². The smallest absolute Gasteiger partial charge is 0.303 e. The van der Waals surface area contributed by atoms with Gasteiger partial charge in [0.05, 0.1) is 107 Å². The number of imide groups is 3. The van der Waals surface area contributed by atoms with E-state index in [2.05, 4.69) is 0 Å². The second kappa shape index (κ2) is 45.7. The van der Waals surface area contributed by atoms with Crippen LogP contribution < -0.4 is 9.47 Å². The summed E-state index contributed by atoms with van der Waals surface area (Å²) >= 11 is 0. The predicted molar refractivity (Wildman–Crippen MR) is 501 cm³/mol. The minimum absolute atomic E-state index is 0.0406. The number of rotatable bonds is 40. The van der Waals surface area contributed by atoms with Crippen molar-refractivity contribution in [2.45, 2.75) is 190 Å². The highest BCUT2D eigenvalue weighted by atomic mass is 16.8. The van der Waals surface area contributed by atoms with E-state index >= 15 is 28.8 Å². The third-order valence-corrected chi connectivity index (χ3v) is 25.4. The first-order chi connectivity index (χ1) is 68.9. The summed E-state index contributed by atoms with van der Waals surface area (Å²) in [5, 5.41) is 0. The number of carbonyl (C=O) groups is 9. The first-order valence-corrected chi connectivity index (χ1v) is 46.6. The van der Waals surface area contributed by atoms with Gasteiger partial charge in [-0.15, -0.1) is 0 Å². The number of nitrogens with zero attached hydrogens (tertiary/aromatic N) is 3. The molecule has 0 bridgehead atoms. The Morgan fingerprint density at radius 1 is 0.255 bits per heavy atom. The average Bonchev–Trinajstić information content (AvgIpc) is 1.68. The molecule has 0 aromatic heterocycles. The molecule has 11 aromatic carbocycles. The molecule has 18 rings (SSSR count). The summed E-state index contributed by atoms with van der Waals surface area (Å²) in [4.78, 5) is 139. The monoisotopic (exact) mass is 1920 g/mol. The molecular formula is C110H105N3O28. The molecule has 11 aromatic rings. The summed E-state index contributed by atoms with van der Waals surface area (Å²) in [5.74, 6) is -6.97. The van der Waals surface area contributed by atoms with Crippen LogP contribution in [0.3, 0.4) is 0 Å². The normalized spacial score (nSPS) is 25.8. The second-order valence-electron chi connectivity index (χ2n) is 34.8. The molecule has 4 saturated heterocycles.